The van der Waals surface area contributed by atoms with E-state index in [1.807, 2.05) is 16.8 Å². The van der Waals surface area contributed by atoms with Crippen molar-refractivity contribution in [2.45, 2.75) is 33.2 Å². The van der Waals surface area contributed by atoms with Crippen molar-refractivity contribution in [3.8, 4) is 0 Å². The first-order valence-electron chi connectivity index (χ1n) is 6.82. The molecule has 2 heterocycles. The molecule has 1 aromatic carbocycles. The standard InChI is InChI=1S/C15H19N5/c1-9(2)13-12-14(16)17-18-15(12)20(19-13)8-11-7-5-4-6-10(11)3/h4-7,9H,8H2,1-3H3,(H3,16,17,18). The summed E-state index contributed by atoms with van der Waals surface area (Å²) in [6.45, 7) is 7.05. The van der Waals surface area contributed by atoms with Crippen molar-refractivity contribution in [1.82, 2.24) is 20.0 Å². The van der Waals surface area contributed by atoms with Crippen LogP contribution in [0.4, 0.5) is 5.82 Å². The summed E-state index contributed by atoms with van der Waals surface area (Å²) in [5.74, 6) is 0.912. The highest BCUT2D eigenvalue weighted by molar-refractivity contribution is 5.89. The molecular weight excluding hydrogens is 250 g/mol. The molecule has 0 fully saturated rings. The highest BCUT2D eigenvalue weighted by Crippen LogP contribution is 2.28. The molecule has 0 amide bonds. The van der Waals surface area contributed by atoms with Gasteiger partial charge in [0.15, 0.2) is 5.65 Å². The topological polar surface area (TPSA) is 72.5 Å². The van der Waals surface area contributed by atoms with E-state index in [1.54, 1.807) is 0 Å². The van der Waals surface area contributed by atoms with E-state index in [1.165, 1.54) is 11.1 Å². The maximum absolute atomic E-state index is 5.98. The van der Waals surface area contributed by atoms with Gasteiger partial charge in [0.05, 0.1) is 17.6 Å². The minimum atomic E-state index is 0.315. The number of rotatable bonds is 3. The molecule has 0 aliphatic rings. The number of benzene rings is 1. The van der Waals surface area contributed by atoms with E-state index in [4.69, 9.17) is 10.8 Å². The van der Waals surface area contributed by atoms with Crippen LogP contribution in [-0.2, 0) is 6.54 Å². The van der Waals surface area contributed by atoms with Crippen molar-refractivity contribution in [2.75, 3.05) is 5.73 Å². The van der Waals surface area contributed by atoms with E-state index in [2.05, 4.69) is 43.1 Å². The van der Waals surface area contributed by atoms with Crippen LogP contribution in [-0.4, -0.2) is 20.0 Å². The first kappa shape index (κ1) is 12.7. The Labute approximate surface area is 117 Å². The first-order chi connectivity index (χ1) is 9.58. The summed E-state index contributed by atoms with van der Waals surface area (Å²) in [6, 6.07) is 8.32. The number of nitrogen functional groups attached to an aromatic ring is 1. The molecule has 5 nitrogen and oxygen atoms in total. The highest BCUT2D eigenvalue weighted by Gasteiger charge is 2.18. The fourth-order valence-corrected chi connectivity index (χ4v) is 2.48. The quantitative estimate of drug-likeness (QED) is 0.768. The molecule has 0 saturated carbocycles. The molecule has 20 heavy (non-hydrogen) atoms. The number of aromatic amines is 1. The van der Waals surface area contributed by atoms with Gasteiger partial charge in [-0.1, -0.05) is 38.1 Å². The van der Waals surface area contributed by atoms with Crippen LogP contribution in [0.5, 0.6) is 0 Å². The number of anilines is 1. The lowest BCUT2D eigenvalue weighted by Gasteiger charge is -2.06. The Kier molecular flexibility index (Phi) is 2.97. The van der Waals surface area contributed by atoms with Crippen molar-refractivity contribution in [2.24, 2.45) is 0 Å². The number of nitrogens with two attached hydrogens (primary N) is 1. The van der Waals surface area contributed by atoms with Gasteiger partial charge in [-0.25, -0.2) is 4.68 Å². The average Bonchev–Trinajstić information content (AvgIpc) is 2.95. The lowest BCUT2D eigenvalue weighted by molar-refractivity contribution is 0.664. The van der Waals surface area contributed by atoms with Gasteiger partial charge in [0.2, 0.25) is 0 Å². The second-order valence-corrected chi connectivity index (χ2v) is 5.46. The van der Waals surface area contributed by atoms with Gasteiger partial charge in [-0.2, -0.15) is 10.2 Å². The zero-order chi connectivity index (χ0) is 14.3. The van der Waals surface area contributed by atoms with Crippen LogP contribution in [0.2, 0.25) is 0 Å². The Morgan fingerprint density at radius 2 is 2.05 bits per heavy atom. The molecule has 3 rings (SSSR count). The van der Waals surface area contributed by atoms with Crippen LogP contribution in [0.3, 0.4) is 0 Å². The number of fused-ring (bicyclic) bond motifs is 1. The average molecular weight is 269 g/mol. The molecule has 3 aromatic rings. The van der Waals surface area contributed by atoms with Crippen molar-refractivity contribution < 1.29 is 0 Å². The lowest BCUT2D eigenvalue weighted by atomic mass is 10.1. The molecule has 0 aliphatic heterocycles. The van der Waals surface area contributed by atoms with Crippen molar-refractivity contribution >= 4 is 16.9 Å². The molecule has 0 unspecified atom stereocenters. The van der Waals surface area contributed by atoms with Crippen LogP contribution in [0.25, 0.3) is 11.0 Å². The SMILES string of the molecule is Cc1ccccc1Cn1nc(C(C)C)c2c(N)[nH]nc21. The number of hydrogen-bond acceptors (Lipinski definition) is 3. The van der Waals surface area contributed by atoms with Gasteiger partial charge < -0.3 is 5.73 Å². The molecule has 0 aliphatic carbocycles. The number of H-pyrrole nitrogens is 1. The van der Waals surface area contributed by atoms with Gasteiger partial charge in [-0.15, -0.1) is 0 Å². The second kappa shape index (κ2) is 4.67. The summed E-state index contributed by atoms with van der Waals surface area (Å²) in [5, 5.41) is 12.8. The summed E-state index contributed by atoms with van der Waals surface area (Å²) >= 11 is 0. The van der Waals surface area contributed by atoms with Gasteiger partial charge >= 0.3 is 0 Å². The molecule has 0 spiro atoms. The van der Waals surface area contributed by atoms with Crippen LogP contribution in [0, 0.1) is 6.92 Å². The number of nitrogens with one attached hydrogen (secondary N) is 1. The van der Waals surface area contributed by atoms with Gasteiger partial charge in [0.25, 0.3) is 0 Å². The molecule has 5 heteroatoms. The molecule has 0 saturated heterocycles. The zero-order valence-electron chi connectivity index (χ0n) is 12.0. The van der Waals surface area contributed by atoms with E-state index in [0.29, 0.717) is 18.3 Å². The number of nitrogens with zero attached hydrogens (tertiary/aromatic N) is 3. The number of aromatic nitrogens is 4. The first-order valence-corrected chi connectivity index (χ1v) is 6.82. The summed E-state index contributed by atoms with van der Waals surface area (Å²) in [6.07, 6.45) is 0. The van der Waals surface area contributed by atoms with E-state index in [0.717, 1.165) is 16.7 Å². The maximum Gasteiger partial charge on any atom is 0.182 e. The van der Waals surface area contributed by atoms with Crippen molar-refractivity contribution in [3.05, 3.63) is 41.1 Å². The summed E-state index contributed by atoms with van der Waals surface area (Å²) < 4.78 is 1.93. The lowest BCUT2D eigenvalue weighted by Crippen LogP contribution is -2.05. The van der Waals surface area contributed by atoms with Crippen LogP contribution in [0.1, 0.15) is 36.6 Å². The van der Waals surface area contributed by atoms with Crippen molar-refractivity contribution in [1.29, 1.82) is 0 Å². The Hall–Kier alpha value is -2.30. The summed E-state index contributed by atoms with van der Waals surface area (Å²) in [7, 11) is 0. The Bertz CT molecular complexity index is 751. The fraction of sp³-hybridized carbons (Fsp3) is 0.333. The van der Waals surface area contributed by atoms with Gasteiger partial charge in [0.1, 0.15) is 5.82 Å². The van der Waals surface area contributed by atoms with E-state index >= 15 is 0 Å². The largest absolute Gasteiger partial charge is 0.383 e. The van der Waals surface area contributed by atoms with Crippen LogP contribution >= 0.6 is 0 Å². The maximum atomic E-state index is 5.98. The monoisotopic (exact) mass is 269 g/mol. The Morgan fingerprint density at radius 3 is 2.75 bits per heavy atom. The van der Waals surface area contributed by atoms with Crippen LogP contribution in [0.15, 0.2) is 24.3 Å². The van der Waals surface area contributed by atoms with Gasteiger partial charge in [0, 0.05) is 0 Å². The van der Waals surface area contributed by atoms with E-state index in [-0.39, 0.29) is 0 Å². The summed E-state index contributed by atoms with van der Waals surface area (Å²) in [4.78, 5) is 0. The van der Waals surface area contributed by atoms with Gasteiger partial charge in [-0.3, -0.25) is 5.10 Å². The minimum Gasteiger partial charge on any atom is -0.383 e. The Morgan fingerprint density at radius 1 is 1.30 bits per heavy atom. The zero-order valence-corrected chi connectivity index (χ0v) is 12.0. The Balaban J connectivity index is 2.11. The molecular formula is C15H19N5. The molecule has 3 N–H and O–H groups in total. The molecule has 2 aromatic heterocycles. The normalized spacial score (nSPS) is 11.6. The predicted molar refractivity (Wildman–Crippen MR) is 80.7 cm³/mol. The van der Waals surface area contributed by atoms with E-state index in [9.17, 15) is 0 Å². The smallest absolute Gasteiger partial charge is 0.182 e. The van der Waals surface area contributed by atoms with Crippen molar-refractivity contribution in [3.63, 3.8) is 0 Å². The highest BCUT2D eigenvalue weighted by atomic mass is 15.3. The molecule has 0 radical (unpaired) electrons. The summed E-state index contributed by atoms with van der Waals surface area (Å²) in [5.41, 5.74) is 10.3. The minimum absolute atomic E-state index is 0.315. The molecule has 0 atom stereocenters. The number of aryl methyl sites for hydroxylation is 1. The third-order valence-electron chi connectivity index (χ3n) is 3.63. The predicted octanol–water partition coefficient (Wildman–Crippen LogP) is 2.82. The molecule has 104 valence electrons. The van der Waals surface area contributed by atoms with Crippen LogP contribution < -0.4 is 5.73 Å². The van der Waals surface area contributed by atoms with Gasteiger partial charge in [-0.05, 0) is 24.0 Å². The third-order valence-corrected chi connectivity index (χ3v) is 3.63. The third kappa shape index (κ3) is 1.95. The second-order valence-electron chi connectivity index (χ2n) is 5.46. The molecule has 0 bridgehead atoms. The fourth-order valence-electron chi connectivity index (χ4n) is 2.48. The number of hydrogen-bond donors (Lipinski definition) is 2. The van der Waals surface area contributed by atoms with E-state index < -0.39 is 0 Å².